The molecule has 1 aromatic carbocycles. The fourth-order valence-electron chi connectivity index (χ4n) is 3.40. The molecule has 3 rings (SSSR count). The Balaban J connectivity index is 1.82. The van der Waals surface area contributed by atoms with Gasteiger partial charge in [0.1, 0.15) is 0 Å². The lowest BCUT2D eigenvalue weighted by Crippen LogP contribution is -2.33. The molecule has 0 spiro atoms. The molecule has 1 heterocycles. The van der Waals surface area contributed by atoms with Crippen molar-refractivity contribution in [2.45, 2.75) is 31.2 Å². The van der Waals surface area contributed by atoms with Crippen molar-refractivity contribution in [2.24, 2.45) is 11.7 Å². The molecule has 0 bridgehead atoms. The second-order valence-corrected chi connectivity index (χ2v) is 5.98. The van der Waals surface area contributed by atoms with Crippen molar-refractivity contribution in [3.05, 3.63) is 35.4 Å². The molecule has 2 fully saturated rings. The van der Waals surface area contributed by atoms with Gasteiger partial charge in [-0.05, 0) is 50.4 Å². The van der Waals surface area contributed by atoms with Crippen molar-refractivity contribution in [1.82, 2.24) is 4.90 Å². The normalized spacial score (nSPS) is 34.2. The molecule has 1 aliphatic heterocycles. The quantitative estimate of drug-likeness (QED) is 0.844. The SMILES string of the molecule is CC(N)c1ccc(C23CCN(C)CC2C3)cc1. The second kappa shape index (κ2) is 3.82. The number of nitrogens with zero attached hydrogens (tertiary/aromatic N) is 1. The summed E-state index contributed by atoms with van der Waals surface area (Å²) >= 11 is 0. The average molecular weight is 230 g/mol. The van der Waals surface area contributed by atoms with Gasteiger partial charge in [-0.15, -0.1) is 0 Å². The van der Waals surface area contributed by atoms with Gasteiger partial charge in [-0.3, -0.25) is 0 Å². The third kappa shape index (κ3) is 1.80. The summed E-state index contributed by atoms with van der Waals surface area (Å²) in [6, 6.07) is 9.19. The lowest BCUT2D eigenvalue weighted by atomic mass is 9.86. The zero-order valence-electron chi connectivity index (χ0n) is 10.8. The van der Waals surface area contributed by atoms with Crippen LogP contribution >= 0.6 is 0 Å². The van der Waals surface area contributed by atoms with Gasteiger partial charge in [0.25, 0.3) is 0 Å². The van der Waals surface area contributed by atoms with Crippen LogP contribution in [0.1, 0.15) is 36.9 Å². The fourth-order valence-corrected chi connectivity index (χ4v) is 3.40. The molecular formula is C15H22N2. The van der Waals surface area contributed by atoms with Crippen LogP contribution in [0.5, 0.6) is 0 Å². The first-order valence-corrected chi connectivity index (χ1v) is 6.66. The summed E-state index contributed by atoms with van der Waals surface area (Å²) in [5, 5.41) is 0. The number of rotatable bonds is 2. The van der Waals surface area contributed by atoms with Gasteiger partial charge in [-0.25, -0.2) is 0 Å². The zero-order chi connectivity index (χ0) is 12.0. The van der Waals surface area contributed by atoms with Gasteiger partial charge >= 0.3 is 0 Å². The van der Waals surface area contributed by atoms with E-state index in [4.69, 9.17) is 5.73 Å². The van der Waals surface area contributed by atoms with Crippen LogP contribution in [0.4, 0.5) is 0 Å². The summed E-state index contributed by atoms with van der Waals surface area (Å²) < 4.78 is 0. The molecule has 1 aromatic rings. The van der Waals surface area contributed by atoms with Gasteiger partial charge in [-0.1, -0.05) is 24.3 Å². The Kier molecular flexibility index (Phi) is 2.53. The van der Waals surface area contributed by atoms with Crippen molar-refractivity contribution in [2.75, 3.05) is 20.1 Å². The number of likely N-dealkylation sites (tertiary alicyclic amines) is 1. The molecule has 1 aliphatic carbocycles. The second-order valence-electron chi connectivity index (χ2n) is 5.98. The predicted molar refractivity (Wildman–Crippen MR) is 70.9 cm³/mol. The van der Waals surface area contributed by atoms with Crippen LogP contribution in [0.2, 0.25) is 0 Å². The summed E-state index contributed by atoms with van der Waals surface area (Å²) in [4.78, 5) is 2.46. The molecule has 2 heteroatoms. The Morgan fingerprint density at radius 1 is 1.35 bits per heavy atom. The van der Waals surface area contributed by atoms with Gasteiger partial charge < -0.3 is 10.6 Å². The molecule has 1 saturated carbocycles. The highest BCUT2D eigenvalue weighted by atomic mass is 15.1. The average Bonchev–Trinajstić information content (AvgIpc) is 3.04. The molecule has 0 aromatic heterocycles. The zero-order valence-corrected chi connectivity index (χ0v) is 10.8. The fraction of sp³-hybridized carbons (Fsp3) is 0.600. The molecule has 2 N–H and O–H groups in total. The molecule has 3 unspecified atom stereocenters. The van der Waals surface area contributed by atoms with Crippen LogP contribution < -0.4 is 5.73 Å². The van der Waals surface area contributed by atoms with Gasteiger partial charge in [0.15, 0.2) is 0 Å². The molecule has 2 nitrogen and oxygen atoms in total. The largest absolute Gasteiger partial charge is 0.324 e. The smallest absolute Gasteiger partial charge is 0.0266 e. The molecule has 0 amide bonds. The van der Waals surface area contributed by atoms with Crippen molar-refractivity contribution in [3.63, 3.8) is 0 Å². The van der Waals surface area contributed by atoms with E-state index in [1.807, 2.05) is 6.92 Å². The molecule has 1 saturated heterocycles. The molecule has 0 radical (unpaired) electrons. The lowest BCUT2D eigenvalue weighted by Gasteiger charge is -2.29. The van der Waals surface area contributed by atoms with E-state index < -0.39 is 0 Å². The van der Waals surface area contributed by atoms with E-state index in [-0.39, 0.29) is 6.04 Å². The predicted octanol–water partition coefficient (Wildman–Crippen LogP) is 2.30. The van der Waals surface area contributed by atoms with E-state index in [1.54, 1.807) is 5.56 Å². The summed E-state index contributed by atoms with van der Waals surface area (Å²) in [7, 11) is 2.24. The van der Waals surface area contributed by atoms with Crippen molar-refractivity contribution >= 4 is 0 Å². The monoisotopic (exact) mass is 230 g/mol. The minimum Gasteiger partial charge on any atom is -0.324 e. The summed E-state index contributed by atoms with van der Waals surface area (Å²) in [6.07, 6.45) is 2.71. The van der Waals surface area contributed by atoms with Crippen LogP contribution in [-0.2, 0) is 5.41 Å². The van der Waals surface area contributed by atoms with Crippen LogP contribution in [-0.4, -0.2) is 25.0 Å². The lowest BCUT2D eigenvalue weighted by molar-refractivity contribution is 0.248. The Morgan fingerprint density at radius 3 is 2.65 bits per heavy atom. The molecular weight excluding hydrogens is 208 g/mol. The maximum atomic E-state index is 5.90. The highest BCUT2D eigenvalue weighted by Gasteiger charge is 2.56. The van der Waals surface area contributed by atoms with Gasteiger partial charge in [-0.2, -0.15) is 0 Å². The number of benzene rings is 1. The Hall–Kier alpha value is -0.860. The number of hydrogen-bond donors (Lipinski definition) is 1. The van der Waals surface area contributed by atoms with E-state index in [9.17, 15) is 0 Å². The number of hydrogen-bond acceptors (Lipinski definition) is 2. The Morgan fingerprint density at radius 2 is 2.06 bits per heavy atom. The molecule has 3 atom stereocenters. The van der Waals surface area contributed by atoms with E-state index in [0.717, 1.165) is 5.92 Å². The molecule has 17 heavy (non-hydrogen) atoms. The Bertz CT molecular complexity index is 409. The van der Waals surface area contributed by atoms with Gasteiger partial charge in [0.2, 0.25) is 0 Å². The van der Waals surface area contributed by atoms with Crippen LogP contribution in [0.15, 0.2) is 24.3 Å². The first kappa shape index (κ1) is 11.2. The number of nitrogens with two attached hydrogens (primary N) is 1. The minimum atomic E-state index is 0.147. The van der Waals surface area contributed by atoms with Crippen molar-refractivity contribution in [1.29, 1.82) is 0 Å². The number of piperidine rings is 1. The Labute approximate surface area is 104 Å². The van der Waals surface area contributed by atoms with Crippen molar-refractivity contribution < 1.29 is 0 Å². The van der Waals surface area contributed by atoms with E-state index in [1.165, 1.54) is 31.5 Å². The third-order valence-electron chi connectivity index (χ3n) is 4.72. The standard InChI is InChI=1S/C15H22N2/c1-11(16)12-3-5-13(6-4-12)15-7-8-17(2)10-14(15)9-15/h3-6,11,14H,7-10,16H2,1-2H3. The van der Waals surface area contributed by atoms with E-state index in [0.29, 0.717) is 5.41 Å². The van der Waals surface area contributed by atoms with Crippen LogP contribution in [0.25, 0.3) is 0 Å². The minimum absolute atomic E-state index is 0.147. The van der Waals surface area contributed by atoms with E-state index >= 15 is 0 Å². The van der Waals surface area contributed by atoms with Gasteiger partial charge in [0, 0.05) is 18.0 Å². The highest BCUT2D eigenvalue weighted by molar-refractivity contribution is 5.37. The topological polar surface area (TPSA) is 29.3 Å². The summed E-state index contributed by atoms with van der Waals surface area (Å²) in [5.74, 6) is 0.891. The maximum Gasteiger partial charge on any atom is 0.0266 e. The number of fused-ring (bicyclic) bond motifs is 1. The first-order chi connectivity index (χ1) is 8.12. The van der Waals surface area contributed by atoms with Crippen LogP contribution in [0, 0.1) is 5.92 Å². The highest BCUT2D eigenvalue weighted by Crippen LogP contribution is 2.58. The van der Waals surface area contributed by atoms with Crippen molar-refractivity contribution in [3.8, 4) is 0 Å². The summed E-state index contributed by atoms with van der Waals surface area (Å²) in [6.45, 7) is 4.56. The van der Waals surface area contributed by atoms with Gasteiger partial charge in [0.05, 0.1) is 0 Å². The van der Waals surface area contributed by atoms with Crippen LogP contribution in [0.3, 0.4) is 0 Å². The first-order valence-electron chi connectivity index (χ1n) is 6.66. The molecule has 2 aliphatic rings. The third-order valence-corrected chi connectivity index (χ3v) is 4.72. The van der Waals surface area contributed by atoms with E-state index in [2.05, 4.69) is 36.2 Å². The maximum absolute atomic E-state index is 5.90. The molecule has 92 valence electrons. The summed E-state index contributed by atoms with van der Waals surface area (Å²) in [5.41, 5.74) is 9.20.